The molecule has 0 saturated carbocycles. The van der Waals surface area contributed by atoms with Gasteiger partial charge in [-0.1, -0.05) is 60.7 Å². The smallest absolute Gasteiger partial charge is 0.394 e. The number of hydrogen-bond acceptors (Lipinski definition) is 3. The quantitative estimate of drug-likeness (QED) is 0.269. The van der Waals surface area contributed by atoms with E-state index in [0.717, 1.165) is 70.2 Å². The van der Waals surface area contributed by atoms with Gasteiger partial charge in [-0.05, 0) is 97.9 Å². The summed E-state index contributed by atoms with van der Waals surface area (Å²) >= 11 is 0. The van der Waals surface area contributed by atoms with Gasteiger partial charge >= 0.3 is 7.82 Å². The Balaban J connectivity index is 1.56. The number of hydrogen-bond donors (Lipinski definition) is 1. The van der Waals surface area contributed by atoms with Crippen molar-refractivity contribution in [1.82, 2.24) is 0 Å². The van der Waals surface area contributed by atoms with Crippen LogP contribution in [0.25, 0.3) is 22.3 Å². The minimum absolute atomic E-state index is 0.308. The number of phosphoric acid groups is 1. The summed E-state index contributed by atoms with van der Waals surface area (Å²) in [4.78, 5) is 11.3. The first-order valence-corrected chi connectivity index (χ1v) is 14.9. The predicted molar refractivity (Wildman–Crippen MR) is 151 cm³/mol. The van der Waals surface area contributed by atoms with Gasteiger partial charge in [-0.15, -0.1) is 0 Å². The molecule has 0 atom stereocenters. The van der Waals surface area contributed by atoms with E-state index in [4.69, 9.17) is 9.05 Å². The number of rotatable bonds is 2. The maximum atomic E-state index is 13.8. The molecule has 0 radical (unpaired) electrons. The predicted octanol–water partition coefficient (Wildman–Crippen LogP) is 8.30. The van der Waals surface area contributed by atoms with Gasteiger partial charge in [0.15, 0.2) is 0 Å². The van der Waals surface area contributed by atoms with Crippen LogP contribution in [0.3, 0.4) is 0 Å². The fraction of sp³-hybridized carbons (Fsp3) is 0.273. The van der Waals surface area contributed by atoms with Crippen molar-refractivity contribution in [2.75, 3.05) is 0 Å². The lowest BCUT2D eigenvalue weighted by molar-refractivity contribution is 0.281. The van der Waals surface area contributed by atoms with E-state index in [-0.39, 0.29) is 5.41 Å². The zero-order valence-corrected chi connectivity index (χ0v) is 23.1. The van der Waals surface area contributed by atoms with Crippen LogP contribution in [0.4, 0.5) is 0 Å². The highest BCUT2D eigenvalue weighted by molar-refractivity contribution is 7.48. The molecule has 192 valence electrons. The van der Waals surface area contributed by atoms with Gasteiger partial charge in [0, 0.05) is 27.7 Å². The van der Waals surface area contributed by atoms with Crippen molar-refractivity contribution in [3.05, 3.63) is 105 Å². The Hall–Kier alpha value is -3.33. The molecule has 0 bridgehead atoms. The fourth-order valence-corrected chi connectivity index (χ4v) is 7.99. The summed E-state index contributed by atoms with van der Waals surface area (Å²) in [5, 5.41) is 0. The summed E-state index contributed by atoms with van der Waals surface area (Å²) in [7, 11) is -4.51. The van der Waals surface area contributed by atoms with Crippen LogP contribution in [0.2, 0.25) is 0 Å². The van der Waals surface area contributed by atoms with Crippen molar-refractivity contribution in [3.63, 3.8) is 0 Å². The second kappa shape index (κ2) is 8.09. The van der Waals surface area contributed by atoms with Gasteiger partial charge in [0.05, 0.1) is 0 Å². The lowest BCUT2D eigenvalue weighted by atomic mass is 9.74. The number of aryl methyl sites for hydroxylation is 4. The lowest BCUT2D eigenvalue weighted by Gasteiger charge is -2.35. The Kier molecular flexibility index (Phi) is 5.06. The van der Waals surface area contributed by atoms with Crippen molar-refractivity contribution < 1.29 is 18.5 Å². The second-order valence-corrected chi connectivity index (χ2v) is 12.5. The van der Waals surface area contributed by atoms with E-state index >= 15 is 0 Å². The minimum atomic E-state index is -4.51. The van der Waals surface area contributed by atoms with Crippen molar-refractivity contribution in [2.24, 2.45) is 0 Å². The van der Waals surface area contributed by atoms with Gasteiger partial charge < -0.3 is 9.05 Å². The average Bonchev–Trinajstić information content (AvgIpc) is 3.44. The molecule has 0 unspecified atom stereocenters. The molecule has 3 aliphatic rings. The van der Waals surface area contributed by atoms with Gasteiger partial charge in [-0.3, -0.25) is 4.89 Å². The molecule has 1 spiro atoms. The van der Waals surface area contributed by atoms with Gasteiger partial charge in [-0.25, -0.2) is 4.57 Å². The van der Waals surface area contributed by atoms with Gasteiger partial charge in [0.1, 0.15) is 11.5 Å². The molecule has 5 heteroatoms. The van der Waals surface area contributed by atoms with Crippen LogP contribution in [0, 0.1) is 27.7 Å². The third-order valence-electron chi connectivity index (χ3n) is 9.29. The van der Waals surface area contributed by atoms with Gasteiger partial charge in [0.2, 0.25) is 0 Å². The summed E-state index contributed by atoms with van der Waals surface area (Å²) in [6.07, 6.45) is 3.68. The highest BCUT2D eigenvalue weighted by Gasteiger charge is 2.52. The van der Waals surface area contributed by atoms with E-state index in [0.29, 0.717) is 11.5 Å². The fourth-order valence-electron chi connectivity index (χ4n) is 7.11. The minimum Gasteiger partial charge on any atom is -0.394 e. The van der Waals surface area contributed by atoms with E-state index in [1.165, 1.54) is 22.3 Å². The average molecular weight is 523 g/mol. The van der Waals surface area contributed by atoms with Crippen molar-refractivity contribution in [2.45, 2.75) is 58.8 Å². The van der Waals surface area contributed by atoms with Crippen LogP contribution in [0.1, 0.15) is 57.3 Å². The monoisotopic (exact) mass is 522 g/mol. The standard InChI is InChI=1S/C33H31O4P/c1-19-7-5-9-25(21(19)3)27-13-11-23-15-17-33-18-16-24-12-14-28(26-10-6-8-20(2)22(26)4)32(30(24)33)37-38(34,35)36-31(27)29(23)33/h5-14H,15-18H2,1-4H3,(H,34,35). The normalized spacial score (nSPS) is 17.6. The molecular weight excluding hydrogens is 491 g/mol. The Labute approximate surface area is 223 Å². The van der Waals surface area contributed by atoms with E-state index < -0.39 is 7.82 Å². The maximum absolute atomic E-state index is 13.8. The lowest BCUT2D eigenvalue weighted by Crippen LogP contribution is -2.25. The largest absolute Gasteiger partial charge is 0.584 e. The molecule has 0 amide bonds. The Morgan fingerprint density at radius 1 is 0.658 bits per heavy atom. The SMILES string of the molecule is Cc1cccc(-c2ccc3c4c2OP(=O)(O)Oc2c(-c5cccc(C)c5C)ccc5c2C4(CC3)CC5)c1C. The van der Waals surface area contributed by atoms with Crippen molar-refractivity contribution >= 4 is 7.82 Å². The van der Waals surface area contributed by atoms with E-state index in [1.54, 1.807) is 0 Å². The molecule has 0 fully saturated rings. The van der Waals surface area contributed by atoms with Crippen LogP contribution in [0.5, 0.6) is 11.5 Å². The zero-order valence-electron chi connectivity index (χ0n) is 22.2. The molecule has 7 rings (SSSR count). The highest BCUT2D eigenvalue weighted by Crippen LogP contribution is 2.65. The Morgan fingerprint density at radius 3 is 1.55 bits per heavy atom. The molecular formula is C33H31O4P. The molecule has 1 aliphatic heterocycles. The molecule has 38 heavy (non-hydrogen) atoms. The van der Waals surface area contributed by atoms with Crippen LogP contribution in [0.15, 0.2) is 60.7 Å². The second-order valence-electron chi connectivity index (χ2n) is 11.2. The number of phosphoric ester groups is 1. The van der Waals surface area contributed by atoms with Crippen molar-refractivity contribution in [1.29, 1.82) is 0 Å². The maximum Gasteiger partial charge on any atom is 0.584 e. The first-order chi connectivity index (χ1) is 18.2. The van der Waals surface area contributed by atoms with Crippen LogP contribution in [-0.4, -0.2) is 4.89 Å². The summed E-state index contributed by atoms with van der Waals surface area (Å²) < 4.78 is 26.1. The molecule has 4 aromatic carbocycles. The molecule has 2 aliphatic carbocycles. The van der Waals surface area contributed by atoms with Gasteiger partial charge in [0.25, 0.3) is 0 Å². The topological polar surface area (TPSA) is 55.8 Å². The summed E-state index contributed by atoms with van der Waals surface area (Å²) in [5.41, 5.74) is 12.6. The molecule has 1 N–H and O–H groups in total. The highest BCUT2D eigenvalue weighted by atomic mass is 31.2. The summed E-state index contributed by atoms with van der Waals surface area (Å²) in [6, 6.07) is 20.9. The molecule has 4 nitrogen and oxygen atoms in total. The third kappa shape index (κ3) is 3.23. The summed E-state index contributed by atoms with van der Waals surface area (Å²) in [6.45, 7) is 8.37. The molecule has 4 aromatic rings. The molecule has 0 saturated heterocycles. The molecule has 0 aromatic heterocycles. The van der Waals surface area contributed by atoms with E-state index in [9.17, 15) is 9.46 Å². The van der Waals surface area contributed by atoms with Crippen LogP contribution < -0.4 is 9.05 Å². The van der Waals surface area contributed by atoms with Gasteiger partial charge in [-0.2, -0.15) is 0 Å². The van der Waals surface area contributed by atoms with E-state index in [1.807, 2.05) is 12.1 Å². The Morgan fingerprint density at radius 2 is 1.11 bits per heavy atom. The van der Waals surface area contributed by atoms with E-state index in [2.05, 4.69) is 76.2 Å². The Bertz CT molecular complexity index is 1590. The zero-order chi connectivity index (χ0) is 26.4. The van der Waals surface area contributed by atoms with Crippen LogP contribution in [-0.2, 0) is 22.8 Å². The first kappa shape index (κ1) is 23.8. The third-order valence-corrected chi connectivity index (χ3v) is 10.1. The number of benzene rings is 4. The van der Waals surface area contributed by atoms with Crippen LogP contribution >= 0.6 is 7.82 Å². The summed E-state index contributed by atoms with van der Waals surface area (Å²) in [5.74, 6) is 1.02. The first-order valence-electron chi connectivity index (χ1n) is 13.4. The van der Waals surface area contributed by atoms with Crippen molar-refractivity contribution in [3.8, 4) is 33.8 Å². The molecule has 1 heterocycles.